The standard InChI is InChI=1S/C11H10O5/c1-16-10-7(5-6-9(12)13)3-2-4-8(10)11(14)15/h2-6H,1H3,(H,12,13)(H,14,15). The Morgan fingerprint density at radius 1 is 1.31 bits per heavy atom. The Morgan fingerprint density at radius 2 is 2.00 bits per heavy atom. The zero-order valence-electron chi connectivity index (χ0n) is 8.51. The molecule has 0 aliphatic rings. The lowest BCUT2D eigenvalue weighted by atomic mass is 10.1. The summed E-state index contributed by atoms with van der Waals surface area (Å²) in [6.07, 6.45) is 2.21. The van der Waals surface area contributed by atoms with Gasteiger partial charge >= 0.3 is 11.9 Å². The molecule has 0 saturated heterocycles. The number of benzene rings is 1. The zero-order chi connectivity index (χ0) is 12.1. The molecule has 0 amide bonds. The first-order chi connectivity index (χ1) is 7.56. The Morgan fingerprint density at radius 3 is 2.50 bits per heavy atom. The highest BCUT2D eigenvalue weighted by molar-refractivity contribution is 5.93. The molecule has 1 rings (SSSR count). The summed E-state index contributed by atoms with van der Waals surface area (Å²) in [6.45, 7) is 0. The first-order valence-corrected chi connectivity index (χ1v) is 4.37. The monoisotopic (exact) mass is 222 g/mol. The van der Waals surface area contributed by atoms with Gasteiger partial charge in [0.2, 0.25) is 0 Å². The molecule has 0 unspecified atom stereocenters. The molecule has 0 aliphatic carbocycles. The molecule has 84 valence electrons. The Bertz CT molecular complexity index is 448. The lowest BCUT2D eigenvalue weighted by molar-refractivity contribution is -0.131. The van der Waals surface area contributed by atoms with E-state index in [4.69, 9.17) is 14.9 Å². The summed E-state index contributed by atoms with van der Waals surface area (Å²) >= 11 is 0. The minimum atomic E-state index is -1.12. The van der Waals surface area contributed by atoms with Gasteiger partial charge in [-0.3, -0.25) is 0 Å². The van der Waals surface area contributed by atoms with Crippen LogP contribution in [0.2, 0.25) is 0 Å². The quantitative estimate of drug-likeness (QED) is 0.754. The third-order valence-corrected chi connectivity index (χ3v) is 1.89. The second-order valence-corrected chi connectivity index (χ2v) is 2.90. The van der Waals surface area contributed by atoms with E-state index in [1.54, 1.807) is 6.07 Å². The van der Waals surface area contributed by atoms with Gasteiger partial charge in [0.25, 0.3) is 0 Å². The van der Waals surface area contributed by atoms with Crippen molar-refractivity contribution in [3.8, 4) is 5.75 Å². The first-order valence-electron chi connectivity index (χ1n) is 4.37. The average Bonchev–Trinajstić information content (AvgIpc) is 2.25. The van der Waals surface area contributed by atoms with Crippen LogP contribution in [-0.2, 0) is 4.79 Å². The van der Waals surface area contributed by atoms with Crippen LogP contribution >= 0.6 is 0 Å². The molecule has 0 bridgehead atoms. The summed E-state index contributed by atoms with van der Waals surface area (Å²) in [7, 11) is 1.33. The van der Waals surface area contributed by atoms with Gasteiger partial charge in [0, 0.05) is 11.6 Å². The Kier molecular flexibility index (Phi) is 3.66. The van der Waals surface area contributed by atoms with E-state index in [9.17, 15) is 9.59 Å². The van der Waals surface area contributed by atoms with Crippen LogP contribution in [0.15, 0.2) is 24.3 Å². The number of hydrogen-bond donors (Lipinski definition) is 2. The highest BCUT2D eigenvalue weighted by atomic mass is 16.5. The van der Waals surface area contributed by atoms with Gasteiger partial charge in [-0.1, -0.05) is 12.1 Å². The Balaban J connectivity index is 3.24. The maximum absolute atomic E-state index is 10.9. The van der Waals surface area contributed by atoms with Crippen molar-refractivity contribution in [3.05, 3.63) is 35.4 Å². The predicted octanol–water partition coefficient (Wildman–Crippen LogP) is 1.49. The molecule has 16 heavy (non-hydrogen) atoms. The molecule has 5 heteroatoms. The number of methoxy groups -OCH3 is 1. The third-order valence-electron chi connectivity index (χ3n) is 1.89. The topological polar surface area (TPSA) is 83.8 Å². The van der Waals surface area contributed by atoms with Crippen molar-refractivity contribution >= 4 is 18.0 Å². The van der Waals surface area contributed by atoms with E-state index in [1.807, 2.05) is 0 Å². The van der Waals surface area contributed by atoms with Crippen molar-refractivity contribution in [2.45, 2.75) is 0 Å². The van der Waals surface area contributed by atoms with Crippen LogP contribution in [0.3, 0.4) is 0 Å². The second kappa shape index (κ2) is 4.97. The van der Waals surface area contributed by atoms with Crippen molar-refractivity contribution in [3.63, 3.8) is 0 Å². The molecule has 0 fully saturated rings. The largest absolute Gasteiger partial charge is 0.495 e. The van der Waals surface area contributed by atoms with Gasteiger partial charge < -0.3 is 14.9 Å². The van der Waals surface area contributed by atoms with Crippen molar-refractivity contribution in [1.29, 1.82) is 0 Å². The summed E-state index contributed by atoms with van der Waals surface area (Å²) in [5.41, 5.74) is 0.403. The predicted molar refractivity (Wildman–Crippen MR) is 56.6 cm³/mol. The molecule has 0 atom stereocenters. The van der Waals surface area contributed by atoms with Crippen LogP contribution in [-0.4, -0.2) is 29.3 Å². The van der Waals surface area contributed by atoms with Crippen LogP contribution in [0, 0.1) is 0 Å². The SMILES string of the molecule is COc1c(C=CC(=O)O)cccc1C(=O)O. The molecular weight excluding hydrogens is 212 g/mol. The smallest absolute Gasteiger partial charge is 0.339 e. The van der Waals surface area contributed by atoms with Crippen molar-refractivity contribution < 1.29 is 24.5 Å². The number of ether oxygens (including phenoxy) is 1. The molecule has 0 radical (unpaired) electrons. The van der Waals surface area contributed by atoms with Gasteiger partial charge in [-0.05, 0) is 12.1 Å². The van der Waals surface area contributed by atoms with Gasteiger partial charge in [0.1, 0.15) is 11.3 Å². The lowest BCUT2D eigenvalue weighted by Crippen LogP contribution is -2.01. The number of aliphatic carboxylic acids is 1. The molecule has 1 aromatic rings. The van der Waals surface area contributed by atoms with E-state index in [0.29, 0.717) is 5.56 Å². The number of carboxylic acid groups (broad SMARTS) is 2. The minimum absolute atomic E-state index is 0.00459. The van der Waals surface area contributed by atoms with Crippen molar-refractivity contribution in [1.82, 2.24) is 0 Å². The van der Waals surface area contributed by atoms with Crippen LogP contribution in [0.25, 0.3) is 6.08 Å². The molecule has 2 N–H and O–H groups in total. The fraction of sp³-hybridized carbons (Fsp3) is 0.0909. The van der Waals surface area contributed by atoms with Gasteiger partial charge in [0.05, 0.1) is 7.11 Å². The van der Waals surface area contributed by atoms with Gasteiger partial charge in [0.15, 0.2) is 0 Å². The minimum Gasteiger partial charge on any atom is -0.495 e. The highest BCUT2D eigenvalue weighted by Crippen LogP contribution is 2.24. The second-order valence-electron chi connectivity index (χ2n) is 2.90. The fourth-order valence-electron chi connectivity index (χ4n) is 1.24. The summed E-state index contributed by atoms with van der Waals surface area (Å²) in [5, 5.41) is 17.4. The lowest BCUT2D eigenvalue weighted by Gasteiger charge is -2.07. The van der Waals surface area contributed by atoms with Gasteiger partial charge in [-0.2, -0.15) is 0 Å². The average molecular weight is 222 g/mol. The summed E-state index contributed by atoms with van der Waals surface area (Å²) in [5.74, 6) is -2.09. The number of aromatic carboxylic acids is 1. The van der Waals surface area contributed by atoms with Crippen LogP contribution in [0.1, 0.15) is 15.9 Å². The Labute approximate surface area is 91.6 Å². The highest BCUT2D eigenvalue weighted by Gasteiger charge is 2.12. The van der Waals surface area contributed by atoms with Crippen LogP contribution in [0.5, 0.6) is 5.75 Å². The molecule has 0 heterocycles. The zero-order valence-corrected chi connectivity index (χ0v) is 8.51. The molecule has 0 spiro atoms. The summed E-state index contributed by atoms with van der Waals surface area (Å²) in [4.78, 5) is 21.2. The molecule has 0 aliphatic heterocycles. The number of rotatable bonds is 4. The Hall–Kier alpha value is -2.30. The normalized spacial score (nSPS) is 10.3. The van der Waals surface area contributed by atoms with E-state index >= 15 is 0 Å². The molecule has 0 saturated carbocycles. The number of para-hydroxylation sites is 1. The molecule has 0 aromatic heterocycles. The third kappa shape index (κ3) is 2.60. The number of carbonyl (C=O) groups is 2. The molecule has 1 aromatic carbocycles. The van der Waals surface area contributed by atoms with E-state index in [2.05, 4.69) is 0 Å². The maximum atomic E-state index is 10.9. The number of hydrogen-bond acceptors (Lipinski definition) is 3. The van der Waals surface area contributed by atoms with Crippen molar-refractivity contribution in [2.75, 3.05) is 7.11 Å². The first kappa shape index (κ1) is 11.8. The summed E-state index contributed by atoms with van der Waals surface area (Å²) in [6, 6.07) is 4.48. The van der Waals surface area contributed by atoms with Crippen LogP contribution in [0.4, 0.5) is 0 Å². The van der Waals surface area contributed by atoms with Gasteiger partial charge in [-0.25, -0.2) is 9.59 Å². The molecular formula is C11H10O5. The van der Waals surface area contributed by atoms with E-state index in [-0.39, 0.29) is 11.3 Å². The van der Waals surface area contributed by atoms with Gasteiger partial charge in [-0.15, -0.1) is 0 Å². The maximum Gasteiger partial charge on any atom is 0.339 e. The number of carboxylic acids is 2. The summed E-state index contributed by atoms with van der Waals surface area (Å²) < 4.78 is 4.95. The van der Waals surface area contributed by atoms with Crippen molar-refractivity contribution in [2.24, 2.45) is 0 Å². The fourth-order valence-corrected chi connectivity index (χ4v) is 1.24. The van der Waals surface area contributed by atoms with E-state index in [1.165, 1.54) is 25.3 Å². The van der Waals surface area contributed by atoms with E-state index in [0.717, 1.165) is 6.08 Å². The van der Waals surface area contributed by atoms with E-state index < -0.39 is 11.9 Å². The molecule has 5 nitrogen and oxygen atoms in total. The van der Waals surface area contributed by atoms with Crippen LogP contribution < -0.4 is 4.74 Å².